The van der Waals surface area contributed by atoms with Crippen LogP contribution in [0.15, 0.2) is 21.6 Å². The van der Waals surface area contributed by atoms with E-state index >= 15 is 0 Å². The largest absolute Gasteiger partial charge is 0.454 e. The lowest BCUT2D eigenvalue weighted by Crippen LogP contribution is -2.22. The molecule has 1 aromatic heterocycles. The Hall–Kier alpha value is -0.450. The lowest BCUT2D eigenvalue weighted by molar-refractivity contribution is 0.106. The highest BCUT2D eigenvalue weighted by molar-refractivity contribution is 7.99. The van der Waals surface area contributed by atoms with Crippen LogP contribution in [-0.2, 0) is 11.3 Å². The van der Waals surface area contributed by atoms with Gasteiger partial charge in [-0.3, -0.25) is 4.90 Å². The SMILES string of the molecule is COC1CCN(Cc2ccc(SC3CCCCC3)o2)C1. The Kier molecular flexibility index (Phi) is 5.08. The molecular formula is C16H25NO2S. The number of ether oxygens (including phenoxy) is 1. The van der Waals surface area contributed by atoms with Crippen LogP contribution in [0.2, 0.25) is 0 Å². The highest BCUT2D eigenvalue weighted by Gasteiger charge is 2.23. The fourth-order valence-electron chi connectivity index (χ4n) is 3.21. The minimum atomic E-state index is 0.404. The van der Waals surface area contributed by atoms with Gasteiger partial charge in [-0.05, 0) is 31.4 Å². The van der Waals surface area contributed by atoms with Crippen molar-refractivity contribution in [3.05, 3.63) is 17.9 Å². The van der Waals surface area contributed by atoms with Gasteiger partial charge in [-0.15, -0.1) is 0 Å². The topological polar surface area (TPSA) is 25.6 Å². The molecule has 2 aliphatic rings. The van der Waals surface area contributed by atoms with E-state index in [4.69, 9.17) is 9.15 Å². The predicted octanol–water partition coefficient (Wildman–Crippen LogP) is 3.93. The van der Waals surface area contributed by atoms with E-state index < -0.39 is 0 Å². The van der Waals surface area contributed by atoms with Crippen LogP contribution in [0.3, 0.4) is 0 Å². The molecule has 1 unspecified atom stereocenters. The second-order valence-corrected chi connectivity index (χ2v) is 7.28. The molecule has 1 atom stereocenters. The molecule has 2 heterocycles. The van der Waals surface area contributed by atoms with Crippen LogP contribution in [0.4, 0.5) is 0 Å². The molecule has 0 aromatic carbocycles. The summed E-state index contributed by atoms with van der Waals surface area (Å²) in [6.45, 7) is 3.07. The zero-order valence-corrected chi connectivity index (χ0v) is 13.2. The maximum atomic E-state index is 6.00. The van der Waals surface area contributed by atoms with Crippen LogP contribution in [-0.4, -0.2) is 36.5 Å². The van der Waals surface area contributed by atoms with E-state index in [1.807, 2.05) is 11.8 Å². The smallest absolute Gasteiger partial charge is 0.160 e. The Morgan fingerprint density at radius 2 is 2.10 bits per heavy atom. The van der Waals surface area contributed by atoms with Gasteiger partial charge in [0, 0.05) is 25.4 Å². The Morgan fingerprint density at radius 3 is 2.85 bits per heavy atom. The zero-order chi connectivity index (χ0) is 13.8. The molecule has 0 bridgehead atoms. The average Bonchev–Trinajstić information content (AvgIpc) is 3.10. The summed E-state index contributed by atoms with van der Waals surface area (Å²) in [5.41, 5.74) is 0. The first-order valence-corrected chi connectivity index (χ1v) is 8.72. The van der Waals surface area contributed by atoms with Crippen molar-refractivity contribution in [2.24, 2.45) is 0 Å². The van der Waals surface area contributed by atoms with Gasteiger partial charge >= 0.3 is 0 Å². The molecule has 1 aromatic rings. The Morgan fingerprint density at radius 1 is 1.25 bits per heavy atom. The summed E-state index contributed by atoms with van der Waals surface area (Å²) in [6.07, 6.45) is 8.43. The number of thioether (sulfide) groups is 1. The van der Waals surface area contributed by atoms with Gasteiger partial charge in [0.05, 0.1) is 12.6 Å². The number of rotatable bonds is 5. The van der Waals surface area contributed by atoms with Crippen molar-refractivity contribution in [2.45, 2.75) is 61.5 Å². The first-order chi connectivity index (χ1) is 9.83. The molecule has 0 spiro atoms. The minimum absolute atomic E-state index is 0.404. The number of likely N-dealkylation sites (tertiary alicyclic amines) is 1. The normalized spacial score (nSPS) is 25.4. The van der Waals surface area contributed by atoms with Crippen LogP contribution in [0.1, 0.15) is 44.3 Å². The van der Waals surface area contributed by atoms with Crippen molar-refractivity contribution in [3.8, 4) is 0 Å². The molecule has 1 aliphatic heterocycles. The molecule has 0 N–H and O–H groups in total. The van der Waals surface area contributed by atoms with Crippen molar-refractivity contribution in [2.75, 3.05) is 20.2 Å². The standard InChI is InChI=1S/C16H25NO2S/c1-18-13-9-10-17(11-13)12-14-7-8-16(19-14)20-15-5-3-2-4-6-15/h7-8,13,15H,2-6,9-12H2,1H3. The van der Waals surface area contributed by atoms with E-state index in [1.54, 1.807) is 7.11 Å². The molecule has 0 amide bonds. The van der Waals surface area contributed by atoms with Crippen LogP contribution in [0.25, 0.3) is 0 Å². The van der Waals surface area contributed by atoms with Gasteiger partial charge in [0.1, 0.15) is 5.76 Å². The lowest BCUT2D eigenvalue weighted by atomic mass is 10.0. The van der Waals surface area contributed by atoms with Gasteiger partial charge in [-0.1, -0.05) is 31.0 Å². The van der Waals surface area contributed by atoms with Gasteiger partial charge < -0.3 is 9.15 Å². The molecule has 20 heavy (non-hydrogen) atoms. The second-order valence-electron chi connectivity index (χ2n) is 5.98. The number of hydrogen-bond donors (Lipinski definition) is 0. The van der Waals surface area contributed by atoms with E-state index in [-0.39, 0.29) is 0 Å². The third kappa shape index (κ3) is 3.80. The molecule has 112 valence electrons. The maximum absolute atomic E-state index is 6.00. The van der Waals surface area contributed by atoms with Crippen LogP contribution >= 0.6 is 11.8 Å². The van der Waals surface area contributed by atoms with Crippen LogP contribution in [0.5, 0.6) is 0 Å². The van der Waals surface area contributed by atoms with Gasteiger partial charge in [-0.2, -0.15) is 0 Å². The Labute approximate surface area is 126 Å². The van der Waals surface area contributed by atoms with Crippen molar-refractivity contribution in [1.82, 2.24) is 4.90 Å². The Bertz CT molecular complexity index is 414. The Balaban J connectivity index is 1.49. The molecule has 1 aliphatic carbocycles. The molecule has 1 saturated heterocycles. The predicted molar refractivity (Wildman–Crippen MR) is 82.1 cm³/mol. The zero-order valence-electron chi connectivity index (χ0n) is 12.3. The van der Waals surface area contributed by atoms with E-state index in [9.17, 15) is 0 Å². The molecule has 1 saturated carbocycles. The van der Waals surface area contributed by atoms with Gasteiger partial charge in [0.25, 0.3) is 0 Å². The molecule has 2 fully saturated rings. The molecular weight excluding hydrogens is 270 g/mol. The molecule has 3 nitrogen and oxygen atoms in total. The highest BCUT2D eigenvalue weighted by Crippen LogP contribution is 2.34. The summed E-state index contributed by atoms with van der Waals surface area (Å²) >= 11 is 1.94. The molecule has 3 rings (SSSR count). The van der Waals surface area contributed by atoms with E-state index in [1.165, 1.54) is 32.1 Å². The fourth-order valence-corrected chi connectivity index (χ4v) is 4.41. The highest BCUT2D eigenvalue weighted by atomic mass is 32.2. The summed E-state index contributed by atoms with van der Waals surface area (Å²) in [5, 5.41) is 1.88. The average molecular weight is 295 g/mol. The fraction of sp³-hybridized carbons (Fsp3) is 0.750. The summed E-state index contributed by atoms with van der Waals surface area (Å²) in [7, 11) is 1.81. The first-order valence-electron chi connectivity index (χ1n) is 7.84. The summed E-state index contributed by atoms with van der Waals surface area (Å²) in [6, 6.07) is 4.30. The van der Waals surface area contributed by atoms with Crippen molar-refractivity contribution in [3.63, 3.8) is 0 Å². The first kappa shape index (κ1) is 14.5. The van der Waals surface area contributed by atoms with E-state index in [0.29, 0.717) is 6.10 Å². The van der Waals surface area contributed by atoms with E-state index in [2.05, 4.69) is 17.0 Å². The number of furan rings is 1. The summed E-state index contributed by atoms with van der Waals surface area (Å²) in [5.74, 6) is 1.10. The molecule has 4 heteroatoms. The van der Waals surface area contributed by atoms with Crippen molar-refractivity contribution in [1.29, 1.82) is 0 Å². The minimum Gasteiger partial charge on any atom is -0.454 e. The van der Waals surface area contributed by atoms with Gasteiger partial charge in [0.2, 0.25) is 0 Å². The third-order valence-electron chi connectivity index (χ3n) is 4.41. The third-order valence-corrected chi connectivity index (χ3v) is 5.67. The monoisotopic (exact) mass is 295 g/mol. The quantitative estimate of drug-likeness (QED) is 0.822. The second kappa shape index (κ2) is 7.01. The van der Waals surface area contributed by atoms with Crippen molar-refractivity contribution >= 4 is 11.8 Å². The maximum Gasteiger partial charge on any atom is 0.160 e. The summed E-state index contributed by atoms with van der Waals surface area (Å²) < 4.78 is 11.4. The lowest BCUT2D eigenvalue weighted by Gasteiger charge is -2.19. The molecule has 0 radical (unpaired) electrons. The number of hydrogen-bond acceptors (Lipinski definition) is 4. The van der Waals surface area contributed by atoms with Gasteiger partial charge in [-0.25, -0.2) is 0 Å². The van der Waals surface area contributed by atoms with Crippen LogP contribution in [0, 0.1) is 0 Å². The summed E-state index contributed by atoms with van der Waals surface area (Å²) in [4.78, 5) is 2.42. The number of nitrogens with zero attached hydrogens (tertiary/aromatic N) is 1. The van der Waals surface area contributed by atoms with Crippen LogP contribution < -0.4 is 0 Å². The van der Waals surface area contributed by atoms with Crippen molar-refractivity contribution < 1.29 is 9.15 Å². The van der Waals surface area contributed by atoms with E-state index in [0.717, 1.165) is 42.2 Å². The van der Waals surface area contributed by atoms with Gasteiger partial charge in [0.15, 0.2) is 5.09 Å². The number of methoxy groups -OCH3 is 1.